The van der Waals surface area contributed by atoms with Gasteiger partial charge in [-0.1, -0.05) is 33.1 Å². The number of carbonyl (C=O) groups excluding carboxylic acids is 1. The molecular formula is C17H33ClN2O. The van der Waals surface area contributed by atoms with Gasteiger partial charge in [0.1, 0.15) is 0 Å². The number of amides is 1. The Kier molecular flexibility index (Phi) is 8.04. The van der Waals surface area contributed by atoms with Crippen LogP contribution in [0.25, 0.3) is 0 Å². The van der Waals surface area contributed by atoms with E-state index < -0.39 is 0 Å². The van der Waals surface area contributed by atoms with Crippen molar-refractivity contribution in [3.05, 3.63) is 0 Å². The van der Waals surface area contributed by atoms with Crippen LogP contribution in [-0.4, -0.2) is 18.0 Å². The maximum atomic E-state index is 12.4. The molecule has 2 aliphatic carbocycles. The second kappa shape index (κ2) is 8.99. The largest absolute Gasteiger partial charge is 0.353 e. The fraction of sp³-hybridized carbons (Fsp3) is 0.941. The van der Waals surface area contributed by atoms with Gasteiger partial charge >= 0.3 is 0 Å². The van der Waals surface area contributed by atoms with Gasteiger partial charge in [0.2, 0.25) is 5.91 Å². The number of hydrogen-bond acceptors (Lipinski definition) is 2. The summed E-state index contributed by atoms with van der Waals surface area (Å²) in [6.45, 7) is 4.57. The summed E-state index contributed by atoms with van der Waals surface area (Å²) in [7, 11) is 0. The van der Waals surface area contributed by atoms with Gasteiger partial charge in [0.15, 0.2) is 0 Å². The minimum absolute atomic E-state index is 0. The quantitative estimate of drug-likeness (QED) is 0.813. The first-order chi connectivity index (χ1) is 9.56. The standard InChI is InChI=1S/C17H32N2O.ClH/c1-12(2)9-10-13-5-4-8-16(13)19-17(20)14-6-3-7-15(18)11-14;/h12-16H,3-11,18H2,1-2H3,(H,19,20);1H. The van der Waals surface area contributed by atoms with E-state index in [-0.39, 0.29) is 30.3 Å². The van der Waals surface area contributed by atoms with Gasteiger partial charge < -0.3 is 11.1 Å². The molecule has 0 saturated heterocycles. The third kappa shape index (κ3) is 5.78. The summed E-state index contributed by atoms with van der Waals surface area (Å²) < 4.78 is 0. The van der Waals surface area contributed by atoms with Crippen molar-refractivity contribution < 1.29 is 4.79 Å². The molecule has 0 bridgehead atoms. The summed E-state index contributed by atoms with van der Waals surface area (Å²) in [5.74, 6) is 1.92. The van der Waals surface area contributed by atoms with E-state index in [2.05, 4.69) is 19.2 Å². The molecule has 0 aromatic carbocycles. The van der Waals surface area contributed by atoms with E-state index in [1.54, 1.807) is 0 Å². The fourth-order valence-electron chi connectivity index (χ4n) is 3.89. The summed E-state index contributed by atoms with van der Waals surface area (Å²) >= 11 is 0. The molecule has 0 heterocycles. The SMILES string of the molecule is CC(C)CCC1CCCC1NC(=O)C1CCCC(N)C1.Cl. The van der Waals surface area contributed by atoms with Crippen LogP contribution in [0.3, 0.4) is 0 Å². The maximum absolute atomic E-state index is 12.4. The number of nitrogens with two attached hydrogens (primary N) is 1. The van der Waals surface area contributed by atoms with Crippen molar-refractivity contribution in [2.45, 2.75) is 83.7 Å². The van der Waals surface area contributed by atoms with Crippen LogP contribution in [0.2, 0.25) is 0 Å². The Morgan fingerprint density at radius 1 is 1.19 bits per heavy atom. The molecule has 4 atom stereocenters. The van der Waals surface area contributed by atoms with Gasteiger partial charge in [0, 0.05) is 18.0 Å². The molecule has 2 saturated carbocycles. The van der Waals surface area contributed by atoms with Crippen LogP contribution in [0.15, 0.2) is 0 Å². The van der Waals surface area contributed by atoms with Crippen molar-refractivity contribution in [2.75, 3.05) is 0 Å². The van der Waals surface area contributed by atoms with Crippen LogP contribution in [0.5, 0.6) is 0 Å². The predicted molar refractivity (Wildman–Crippen MR) is 90.5 cm³/mol. The first-order valence-corrected chi connectivity index (χ1v) is 8.62. The van der Waals surface area contributed by atoms with Crippen LogP contribution in [-0.2, 0) is 4.79 Å². The highest BCUT2D eigenvalue weighted by molar-refractivity contribution is 5.85. The molecule has 4 heteroatoms. The van der Waals surface area contributed by atoms with Gasteiger partial charge in [0.25, 0.3) is 0 Å². The number of carbonyl (C=O) groups is 1. The van der Waals surface area contributed by atoms with Gasteiger partial charge in [-0.25, -0.2) is 0 Å². The molecule has 2 rings (SSSR count). The maximum Gasteiger partial charge on any atom is 0.223 e. The van der Waals surface area contributed by atoms with Crippen LogP contribution < -0.4 is 11.1 Å². The van der Waals surface area contributed by atoms with Gasteiger partial charge in [-0.05, 0) is 50.4 Å². The molecule has 0 aromatic heterocycles. The second-order valence-electron chi connectivity index (χ2n) is 7.40. The molecule has 3 nitrogen and oxygen atoms in total. The number of nitrogens with one attached hydrogen (secondary N) is 1. The molecule has 1 amide bonds. The van der Waals surface area contributed by atoms with Gasteiger partial charge in [0.05, 0.1) is 0 Å². The first-order valence-electron chi connectivity index (χ1n) is 8.62. The Hall–Kier alpha value is -0.280. The topological polar surface area (TPSA) is 55.1 Å². The number of halogens is 1. The summed E-state index contributed by atoms with van der Waals surface area (Å²) in [6.07, 6.45) is 10.4. The average Bonchev–Trinajstić information content (AvgIpc) is 2.83. The Balaban J connectivity index is 0.00000220. The van der Waals surface area contributed by atoms with Crippen molar-refractivity contribution in [2.24, 2.45) is 23.5 Å². The molecule has 0 radical (unpaired) electrons. The zero-order valence-electron chi connectivity index (χ0n) is 13.6. The van der Waals surface area contributed by atoms with Gasteiger partial charge in [-0.2, -0.15) is 0 Å². The first kappa shape index (κ1) is 18.8. The molecule has 2 aliphatic rings. The minimum atomic E-state index is 0. The lowest BCUT2D eigenvalue weighted by atomic mass is 9.85. The van der Waals surface area contributed by atoms with E-state index in [0.717, 1.165) is 31.6 Å². The Labute approximate surface area is 136 Å². The smallest absolute Gasteiger partial charge is 0.223 e. The van der Waals surface area contributed by atoms with Crippen molar-refractivity contribution in [1.82, 2.24) is 5.32 Å². The predicted octanol–water partition coefficient (Wildman–Crippen LogP) is 3.65. The van der Waals surface area contributed by atoms with Crippen molar-refractivity contribution >= 4 is 18.3 Å². The summed E-state index contributed by atoms with van der Waals surface area (Å²) in [5.41, 5.74) is 6.00. The highest BCUT2D eigenvalue weighted by Crippen LogP contribution is 2.31. The molecule has 0 spiro atoms. The van der Waals surface area contributed by atoms with Crippen molar-refractivity contribution in [1.29, 1.82) is 0 Å². The van der Waals surface area contributed by atoms with E-state index in [9.17, 15) is 4.79 Å². The molecule has 0 aromatic rings. The third-order valence-electron chi connectivity index (χ3n) is 5.19. The van der Waals surface area contributed by atoms with Crippen molar-refractivity contribution in [3.63, 3.8) is 0 Å². The normalized spacial score (nSPS) is 32.8. The lowest BCUT2D eigenvalue weighted by Gasteiger charge is -2.28. The van der Waals surface area contributed by atoms with Crippen LogP contribution >= 0.6 is 12.4 Å². The molecule has 21 heavy (non-hydrogen) atoms. The van der Waals surface area contributed by atoms with E-state index >= 15 is 0 Å². The van der Waals surface area contributed by atoms with Gasteiger partial charge in [-0.15, -0.1) is 12.4 Å². The van der Waals surface area contributed by atoms with Crippen LogP contribution in [0.4, 0.5) is 0 Å². The zero-order chi connectivity index (χ0) is 14.5. The molecule has 2 fully saturated rings. The molecular weight excluding hydrogens is 284 g/mol. The summed E-state index contributed by atoms with van der Waals surface area (Å²) in [4.78, 5) is 12.4. The van der Waals surface area contributed by atoms with E-state index in [0.29, 0.717) is 12.0 Å². The lowest BCUT2D eigenvalue weighted by molar-refractivity contribution is -0.127. The number of hydrogen-bond donors (Lipinski definition) is 2. The lowest BCUT2D eigenvalue weighted by Crippen LogP contribution is -2.43. The van der Waals surface area contributed by atoms with E-state index in [4.69, 9.17) is 5.73 Å². The highest BCUT2D eigenvalue weighted by Gasteiger charge is 2.31. The third-order valence-corrected chi connectivity index (χ3v) is 5.19. The Bertz CT molecular complexity index is 322. The summed E-state index contributed by atoms with van der Waals surface area (Å²) in [5, 5.41) is 3.35. The molecule has 3 N–H and O–H groups in total. The second-order valence-corrected chi connectivity index (χ2v) is 7.40. The van der Waals surface area contributed by atoms with Crippen LogP contribution in [0, 0.1) is 17.8 Å². The van der Waals surface area contributed by atoms with Crippen LogP contribution in [0.1, 0.15) is 71.6 Å². The van der Waals surface area contributed by atoms with E-state index in [1.165, 1.54) is 32.1 Å². The van der Waals surface area contributed by atoms with E-state index in [1.807, 2.05) is 0 Å². The molecule has 124 valence electrons. The highest BCUT2D eigenvalue weighted by atomic mass is 35.5. The number of rotatable bonds is 5. The zero-order valence-corrected chi connectivity index (χ0v) is 14.5. The monoisotopic (exact) mass is 316 g/mol. The van der Waals surface area contributed by atoms with Gasteiger partial charge in [-0.3, -0.25) is 4.79 Å². The van der Waals surface area contributed by atoms with Crippen molar-refractivity contribution in [3.8, 4) is 0 Å². The average molecular weight is 317 g/mol. The summed E-state index contributed by atoms with van der Waals surface area (Å²) in [6, 6.07) is 0.666. The molecule has 0 aliphatic heterocycles. The minimum Gasteiger partial charge on any atom is -0.353 e. The fourth-order valence-corrected chi connectivity index (χ4v) is 3.89. The Morgan fingerprint density at radius 3 is 2.57 bits per heavy atom. The Morgan fingerprint density at radius 2 is 1.90 bits per heavy atom. The molecule has 4 unspecified atom stereocenters.